The molecule has 0 radical (unpaired) electrons. The van der Waals surface area contributed by atoms with Gasteiger partial charge in [-0.25, -0.2) is 4.39 Å². The summed E-state index contributed by atoms with van der Waals surface area (Å²) in [6, 6.07) is 14.2. The summed E-state index contributed by atoms with van der Waals surface area (Å²) in [5.74, 6) is 1.34. The van der Waals surface area contributed by atoms with E-state index in [0.29, 0.717) is 24.6 Å². The molecule has 0 fully saturated rings. The van der Waals surface area contributed by atoms with Gasteiger partial charge in [0.25, 0.3) is 0 Å². The zero-order valence-electron chi connectivity index (χ0n) is 14.1. The predicted molar refractivity (Wildman–Crippen MR) is 94.1 cm³/mol. The third kappa shape index (κ3) is 3.60. The van der Waals surface area contributed by atoms with Gasteiger partial charge in [0, 0.05) is 13.1 Å². The van der Waals surface area contributed by atoms with Crippen molar-refractivity contribution in [3.63, 3.8) is 0 Å². The van der Waals surface area contributed by atoms with Crippen LogP contribution in [0.25, 0.3) is 11.1 Å². The molecule has 0 saturated carbocycles. The standard InChI is InChI=1S/C20H22FNO2/c1-23-19-11-16(13-22-10-6-9-17(21)14-22)18(12-20(19)24-2)15-7-4-3-5-8-15/h3-5,7-9,11-12H,6,10,13-14H2,1-2H3. The minimum Gasteiger partial charge on any atom is -0.493 e. The zero-order valence-corrected chi connectivity index (χ0v) is 14.1. The fourth-order valence-electron chi connectivity index (χ4n) is 3.08. The predicted octanol–water partition coefficient (Wildman–Crippen LogP) is 4.43. The van der Waals surface area contributed by atoms with Gasteiger partial charge >= 0.3 is 0 Å². The lowest BCUT2D eigenvalue weighted by Gasteiger charge is -2.26. The molecule has 0 spiro atoms. The Morgan fingerprint density at radius 3 is 2.42 bits per heavy atom. The van der Waals surface area contributed by atoms with Gasteiger partial charge in [0.15, 0.2) is 11.5 Å². The van der Waals surface area contributed by atoms with Crippen molar-refractivity contribution in [2.24, 2.45) is 0 Å². The molecule has 3 rings (SSSR count). The molecule has 1 aliphatic rings. The second-order valence-corrected chi connectivity index (χ2v) is 5.88. The molecule has 3 nitrogen and oxygen atoms in total. The first-order chi connectivity index (χ1) is 11.7. The first-order valence-corrected chi connectivity index (χ1v) is 8.08. The maximum Gasteiger partial charge on any atom is 0.161 e. The number of rotatable bonds is 5. The second kappa shape index (κ2) is 7.49. The number of ether oxygens (including phenoxy) is 2. The van der Waals surface area contributed by atoms with E-state index in [0.717, 1.165) is 29.7 Å². The van der Waals surface area contributed by atoms with Crippen molar-refractivity contribution in [2.45, 2.75) is 13.0 Å². The lowest BCUT2D eigenvalue weighted by atomic mass is 9.98. The molecule has 0 amide bonds. The SMILES string of the molecule is COc1cc(CN2CCC=C(F)C2)c(-c2ccccc2)cc1OC. The summed E-state index contributed by atoms with van der Waals surface area (Å²) < 4.78 is 24.5. The van der Waals surface area contributed by atoms with Gasteiger partial charge in [0.05, 0.1) is 20.8 Å². The lowest BCUT2D eigenvalue weighted by molar-refractivity contribution is 0.259. The molecule has 24 heavy (non-hydrogen) atoms. The molecule has 126 valence electrons. The Kier molecular flexibility index (Phi) is 5.16. The molecule has 0 atom stereocenters. The number of hydrogen-bond acceptors (Lipinski definition) is 3. The zero-order chi connectivity index (χ0) is 16.9. The van der Waals surface area contributed by atoms with Gasteiger partial charge in [0.2, 0.25) is 0 Å². The summed E-state index contributed by atoms with van der Waals surface area (Å²) in [7, 11) is 3.27. The average Bonchev–Trinajstić information content (AvgIpc) is 2.62. The Bertz CT molecular complexity index is 728. The maximum atomic E-state index is 13.6. The van der Waals surface area contributed by atoms with E-state index in [1.165, 1.54) is 0 Å². The Labute approximate surface area is 142 Å². The third-order valence-corrected chi connectivity index (χ3v) is 4.27. The van der Waals surface area contributed by atoms with Crippen molar-refractivity contribution in [1.82, 2.24) is 4.90 Å². The Balaban J connectivity index is 2.00. The normalized spacial score (nSPS) is 15.0. The van der Waals surface area contributed by atoms with E-state index in [9.17, 15) is 4.39 Å². The molecule has 0 bridgehead atoms. The van der Waals surface area contributed by atoms with Crippen LogP contribution in [0.2, 0.25) is 0 Å². The summed E-state index contributed by atoms with van der Waals surface area (Å²) in [5.41, 5.74) is 3.30. The summed E-state index contributed by atoms with van der Waals surface area (Å²) in [6.45, 7) is 1.89. The van der Waals surface area contributed by atoms with Crippen molar-refractivity contribution in [3.8, 4) is 22.6 Å². The van der Waals surface area contributed by atoms with Crippen LogP contribution in [0.15, 0.2) is 54.4 Å². The van der Waals surface area contributed by atoms with Crippen LogP contribution in [0.1, 0.15) is 12.0 Å². The van der Waals surface area contributed by atoms with Gasteiger partial charge in [-0.1, -0.05) is 36.4 Å². The quantitative estimate of drug-likeness (QED) is 0.811. The van der Waals surface area contributed by atoms with Gasteiger partial charge < -0.3 is 9.47 Å². The van der Waals surface area contributed by atoms with Crippen molar-refractivity contribution in [3.05, 3.63) is 59.9 Å². The van der Waals surface area contributed by atoms with Crippen LogP contribution in [0, 0.1) is 0 Å². The van der Waals surface area contributed by atoms with Crippen LogP contribution in [0.5, 0.6) is 11.5 Å². The number of benzene rings is 2. The van der Waals surface area contributed by atoms with Crippen LogP contribution >= 0.6 is 0 Å². The van der Waals surface area contributed by atoms with Gasteiger partial charge in [-0.05, 0) is 35.2 Å². The maximum absolute atomic E-state index is 13.6. The summed E-state index contributed by atoms with van der Waals surface area (Å²) in [5, 5.41) is 0. The van der Waals surface area contributed by atoms with E-state index in [1.54, 1.807) is 20.3 Å². The number of halogens is 1. The number of methoxy groups -OCH3 is 2. The third-order valence-electron chi connectivity index (χ3n) is 4.27. The summed E-state index contributed by atoms with van der Waals surface area (Å²) in [6.07, 6.45) is 2.42. The van der Waals surface area contributed by atoms with Crippen molar-refractivity contribution < 1.29 is 13.9 Å². The minimum atomic E-state index is -0.0528. The Morgan fingerprint density at radius 1 is 1.04 bits per heavy atom. The van der Waals surface area contributed by atoms with E-state index < -0.39 is 0 Å². The van der Waals surface area contributed by atoms with Crippen LogP contribution in [0.3, 0.4) is 0 Å². The van der Waals surface area contributed by atoms with Crippen molar-refractivity contribution in [2.75, 3.05) is 27.3 Å². The van der Waals surface area contributed by atoms with Gasteiger partial charge in [-0.3, -0.25) is 4.90 Å². The molecule has 0 unspecified atom stereocenters. The molecule has 2 aromatic rings. The van der Waals surface area contributed by atoms with E-state index in [4.69, 9.17) is 9.47 Å². The fraction of sp³-hybridized carbons (Fsp3) is 0.300. The van der Waals surface area contributed by atoms with Crippen LogP contribution in [0.4, 0.5) is 4.39 Å². The minimum absolute atomic E-state index is 0.0528. The van der Waals surface area contributed by atoms with Crippen molar-refractivity contribution in [1.29, 1.82) is 0 Å². The molecule has 0 N–H and O–H groups in total. The average molecular weight is 327 g/mol. The Hall–Kier alpha value is -2.33. The summed E-state index contributed by atoms with van der Waals surface area (Å²) in [4.78, 5) is 2.11. The molecule has 2 aromatic carbocycles. The number of nitrogens with zero attached hydrogens (tertiary/aromatic N) is 1. The molecule has 1 aliphatic heterocycles. The van der Waals surface area contributed by atoms with E-state index in [-0.39, 0.29) is 5.83 Å². The van der Waals surface area contributed by atoms with Gasteiger partial charge in [0.1, 0.15) is 5.83 Å². The van der Waals surface area contributed by atoms with E-state index >= 15 is 0 Å². The van der Waals surface area contributed by atoms with Crippen LogP contribution < -0.4 is 9.47 Å². The highest BCUT2D eigenvalue weighted by Crippen LogP contribution is 2.36. The van der Waals surface area contributed by atoms with Crippen molar-refractivity contribution >= 4 is 0 Å². The smallest absolute Gasteiger partial charge is 0.161 e. The highest BCUT2D eigenvalue weighted by atomic mass is 19.1. The van der Waals surface area contributed by atoms with Gasteiger partial charge in [-0.2, -0.15) is 0 Å². The molecular weight excluding hydrogens is 305 g/mol. The molecule has 4 heteroatoms. The summed E-state index contributed by atoms with van der Waals surface area (Å²) >= 11 is 0. The van der Waals surface area contributed by atoms with Crippen LogP contribution in [-0.2, 0) is 6.54 Å². The molecule has 0 saturated heterocycles. The lowest BCUT2D eigenvalue weighted by Crippen LogP contribution is -2.28. The largest absolute Gasteiger partial charge is 0.493 e. The molecule has 0 aromatic heterocycles. The Morgan fingerprint density at radius 2 is 1.75 bits per heavy atom. The first-order valence-electron chi connectivity index (χ1n) is 8.08. The van der Waals surface area contributed by atoms with Gasteiger partial charge in [-0.15, -0.1) is 0 Å². The van der Waals surface area contributed by atoms with E-state index in [2.05, 4.69) is 17.0 Å². The monoisotopic (exact) mass is 327 g/mol. The molecule has 0 aliphatic carbocycles. The highest BCUT2D eigenvalue weighted by Gasteiger charge is 2.18. The molecule has 1 heterocycles. The van der Waals surface area contributed by atoms with E-state index in [1.807, 2.05) is 30.3 Å². The topological polar surface area (TPSA) is 21.7 Å². The first kappa shape index (κ1) is 16.5. The van der Waals surface area contributed by atoms with Crippen LogP contribution in [-0.4, -0.2) is 32.2 Å². The second-order valence-electron chi connectivity index (χ2n) is 5.88. The highest BCUT2D eigenvalue weighted by molar-refractivity contribution is 5.71. The number of hydrogen-bond donors (Lipinski definition) is 0. The molecular formula is C20H22FNO2. The fourth-order valence-corrected chi connectivity index (χ4v) is 3.08.